The summed E-state index contributed by atoms with van der Waals surface area (Å²) in [6, 6.07) is 25.7. The highest BCUT2D eigenvalue weighted by Crippen LogP contribution is 2.55. The summed E-state index contributed by atoms with van der Waals surface area (Å²) < 4.78 is 24.3. The molecule has 0 aromatic heterocycles. The van der Waals surface area contributed by atoms with Gasteiger partial charge in [0.1, 0.15) is 0 Å². The van der Waals surface area contributed by atoms with E-state index in [0.29, 0.717) is 10.9 Å². The zero-order chi connectivity index (χ0) is 53.6. The molecule has 4 N–H and O–H groups in total. The van der Waals surface area contributed by atoms with Crippen molar-refractivity contribution in [3.8, 4) is 22.3 Å². The van der Waals surface area contributed by atoms with Crippen molar-refractivity contribution in [2.24, 2.45) is 0 Å². The van der Waals surface area contributed by atoms with E-state index in [2.05, 4.69) is 64.1 Å². The first-order valence-corrected chi connectivity index (χ1v) is 31.0. The molecular formula is C64H96B4O8. The van der Waals surface area contributed by atoms with Crippen LogP contribution in [0.3, 0.4) is 0 Å². The molecule has 4 aliphatic rings. The van der Waals surface area contributed by atoms with E-state index in [-0.39, 0.29) is 25.1 Å². The number of rotatable bonds is 32. The molecule has 2 saturated heterocycles. The van der Waals surface area contributed by atoms with E-state index in [4.69, 9.17) is 18.6 Å². The van der Waals surface area contributed by atoms with Crippen LogP contribution in [0, 0.1) is 0 Å². The zero-order valence-corrected chi connectivity index (χ0v) is 47.7. The second kappa shape index (κ2) is 31.6. The second-order valence-corrected chi connectivity index (χ2v) is 23.1. The molecule has 2 aliphatic carbocycles. The summed E-state index contributed by atoms with van der Waals surface area (Å²) in [4.78, 5) is 0. The van der Waals surface area contributed by atoms with Crippen LogP contribution in [0.4, 0.5) is 0 Å². The van der Waals surface area contributed by atoms with Gasteiger partial charge >= 0.3 is 28.5 Å². The third kappa shape index (κ3) is 15.6. The van der Waals surface area contributed by atoms with Gasteiger partial charge in [0.15, 0.2) is 0 Å². The molecule has 12 heteroatoms. The van der Waals surface area contributed by atoms with Gasteiger partial charge in [-0.2, -0.15) is 0 Å². The van der Waals surface area contributed by atoms with Crippen molar-refractivity contribution in [1.82, 2.24) is 0 Å². The van der Waals surface area contributed by atoms with Crippen LogP contribution < -0.4 is 21.9 Å². The van der Waals surface area contributed by atoms with Crippen molar-refractivity contribution < 1.29 is 38.7 Å². The van der Waals surface area contributed by atoms with E-state index >= 15 is 0 Å². The monoisotopic (exact) mass is 1040 g/mol. The highest BCUT2D eigenvalue weighted by atomic mass is 16.6. The smallest absolute Gasteiger partial charge is 0.423 e. The van der Waals surface area contributed by atoms with Crippen LogP contribution in [0.25, 0.3) is 22.3 Å². The van der Waals surface area contributed by atoms with Crippen molar-refractivity contribution >= 4 is 50.3 Å². The molecule has 8 rings (SSSR count). The molecule has 0 unspecified atom stereocenters. The lowest BCUT2D eigenvalue weighted by Gasteiger charge is -2.34. The number of unbranched alkanes of at least 4 members (excludes halogenated alkanes) is 20. The van der Waals surface area contributed by atoms with E-state index in [0.717, 1.165) is 76.1 Å². The lowest BCUT2D eigenvalue weighted by molar-refractivity contribution is 0.143. The average molecular weight is 1040 g/mol. The van der Waals surface area contributed by atoms with Gasteiger partial charge in [-0.15, -0.1) is 0 Å². The average Bonchev–Trinajstić information content (AvgIpc) is 4.10. The first-order valence-electron chi connectivity index (χ1n) is 31.0. The Morgan fingerprint density at radius 1 is 0.355 bits per heavy atom. The normalized spacial score (nSPS) is 15.9. The Labute approximate surface area is 461 Å². The summed E-state index contributed by atoms with van der Waals surface area (Å²) in [7, 11) is -3.50. The van der Waals surface area contributed by atoms with E-state index in [9.17, 15) is 20.1 Å². The van der Waals surface area contributed by atoms with Crippen molar-refractivity contribution in [2.45, 2.75) is 231 Å². The van der Waals surface area contributed by atoms with Crippen molar-refractivity contribution in [1.29, 1.82) is 0 Å². The van der Waals surface area contributed by atoms with E-state index in [1.807, 2.05) is 24.3 Å². The molecule has 0 bridgehead atoms. The predicted octanol–water partition coefficient (Wildman–Crippen LogP) is 12.5. The zero-order valence-electron chi connectivity index (χ0n) is 47.7. The minimum Gasteiger partial charge on any atom is -0.423 e. The van der Waals surface area contributed by atoms with Gasteiger partial charge in [0.2, 0.25) is 0 Å². The Balaban J connectivity index is 0.000000224. The van der Waals surface area contributed by atoms with Crippen molar-refractivity contribution in [3.63, 3.8) is 0 Å². The fraction of sp³-hybridized carbons (Fsp3) is 0.625. The van der Waals surface area contributed by atoms with Crippen LogP contribution >= 0.6 is 0 Å². The lowest BCUT2D eigenvalue weighted by atomic mass is 9.67. The summed E-state index contributed by atoms with van der Waals surface area (Å²) >= 11 is 0. The molecule has 0 spiro atoms. The third-order valence-electron chi connectivity index (χ3n) is 17.4. The molecule has 0 radical (unpaired) electrons. The van der Waals surface area contributed by atoms with Gasteiger partial charge in [-0.25, -0.2) is 0 Å². The summed E-state index contributed by atoms with van der Waals surface area (Å²) in [5.74, 6) is 0. The molecule has 8 nitrogen and oxygen atoms in total. The lowest BCUT2D eigenvalue weighted by Crippen LogP contribution is -2.42. The molecule has 2 heterocycles. The summed E-state index contributed by atoms with van der Waals surface area (Å²) in [5, 5.41) is 39.8. The molecule has 2 aliphatic heterocycles. The highest BCUT2D eigenvalue weighted by Gasteiger charge is 2.45. The minimum absolute atomic E-state index is 0.00946. The van der Waals surface area contributed by atoms with Gasteiger partial charge in [0.25, 0.3) is 0 Å². The Morgan fingerprint density at radius 3 is 0.908 bits per heavy atom. The molecule has 412 valence electrons. The van der Waals surface area contributed by atoms with Gasteiger partial charge < -0.3 is 38.7 Å². The molecule has 0 amide bonds. The highest BCUT2D eigenvalue weighted by molar-refractivity contribution is 6.62. The number of benzene rings is 4. The van der Waals surface area contributed by atoms with Gasteiger partial charge in [-0.1, -0.05) is 255 Å². The van der Waals surface area contributed by atoms with Crippen LogP contribution in [0.5, 0.6) is 0 Å². The molecule has 4 aromatic rings. The molecule has 0 atom stereocenters. The Bertz CT molecular complexity index is 2170. The standard InChI is InChI=1S/C35H52B2O4.C29H44B2O4/c1-3-5-7-9-11-13-21-35(22-14-12-10-8-6-4-2)33-27-29(36-38-23-15-24-39-36)17-19-31(33)32-20-18-30(28-34(32)35)37-40-25-16-26-41-37;1-3-5-7-9-11-13-19-29(20-14-12-10-8-6-4-2)27-21-23(30(32)33)15-17-25(27)26-18-16-24(31(34)35)22-28(26)29/h17-20,27-28H,3-16,21-26H2,1-2H3;15-18,21-22,32-35H,3-14,19-20H2,1-2H3. The molecule has 4 aromatic carbocycles. The third-order valence-corrected chi connectivity index (χ3v) is 17.4. The molecule has 76 heavy (non-hydrogen) atoms. The molecule has 2 fully saturated rings. The quantitative estimate of drug-likeness (QED) is 0.0282. The summed E-state index contributed by atoms with van der Waals surface area (Å²) in [6.45, 7) is 12.2. The van der Waals surface area contributed by atoms with Crippen LogP contribution in [-0.4, -0.2) is 75.0 Å². The summed E-state index contributed by atoms with van der Waals surface area (Å²) in [6.07, 6.45) is 36.8. The van der Waals surface area contributed by atoms with Gasteiger partial charge in [-0.3, -0.25) is 0 Å². The maximum atomic E-state index is 9.94. The van der Waals surface area contributed by atoms with Gasteiger partial charge in [0.05, 0.1) is 0 Å². The van der Waals surface area contributed by atoms with E-state index in [1.54, 1.807) is 12.1 Å². The number of fused-ring (bicyclic) bond motifs is 6. The van der Waals surface area contributed by atoms with E-state index < -0.39 is 14.2 Å². The van der Waals surface area contributed by atoms with Crippen LogP contribution in [-0.2, 0) is 29.4 Å². The first kappa shape index (κ1) is 60.5. The van der Waals surface area contributed by atoms with Crippen LogP contribution in [0.1, 0.15) is 243 Å². The van der Waals surface area contributed by atoms with Gasteiger partial charge in [0, 0.05) is 37.3 Å². The SMILES string of the molecule is CCCCCCCCC1(CCCCCCCC)c2cc(B(O)O)ccc2-c2ccc(B(O)O)cc21.CCCCCCCCC1(CCCCCCCC)c2cc(B3OCCCO3)ccc2-c2ccc(B3OCCCO3)cc21. The fourth-order valence-electron chi connectivity index (χ4n) is 13.2. The maximum Gasteiger partial charge on any atom is 0.493 e. The van der Waals surface area contributed by atoms with Crippen LogP contribution in [0.2, 0.25) is 0 Å². The second-order valence-electron chi connectivity index (χ2n) is 23.1. The molecule has 0 saturated carbocycles. The van der Waals surface area contributed by atoms with Gasteiger partial charge in [-0.05, 0) is 105 Å². The Hall–Kier alpha value is -3.18. The predicted molar refractivity (Wildman–Crippen MR) is 321 cm³/mol. The molecular weight excluding hydrogens is 940 g/mol. The maximum absolute atomic E-state index is 9.94. The topological polar surface area (TPSA) is 118 Å². The summed E-state index contributed by atoms with van der Waals surface area (Å²) in [5.41, 5.74) is 13.6. The Kier molecular flexibility index (Phi) is 25.1. The van der Waals surface area contributed by atoms with E-state index in [1.165, 1.54) is 198 Å². The number of hydrogen-bond donors (Lipinski definition) is 4. The first-order chi connectivity index (χ1) is 37.2. The largest absolute Gasteiger partial charge is 0.493 e. The van der Waals surface area contributed by atoms with Crippen molar-refractivity contribution in [2.75, 3.05) is 26.4 Å². The minimum atomic E-state index is -1.50. The number of hydrogen-bond acceptors (Lipinski definition) is 8. The van der Waals surface area contributed by atoms with Crippen LogP contribution in [0.15, 0.2) is 72.8 Å². The fourth-order valence-corrected chi connectivity index (χ4v) is 13.2. The van der Waals surface area contributed by atoms with Crippen molar-refractivity contribution in [3.05, 3.63) is 95.1 Å². The Morgan fingerprint density at radius 2 is 0.618 bits per heavy atom.